The fraction of sp³-hybridized carbons (Fsp3) is 0.317. The Labute approximate surface area is 317 Å². The molecule has 10 nitrogen and oxygen atoms in total. The summed E-state index contributed by atoms with van der Waals surface area (Å²) in [6, 6.07) is 13.9. The van der Waals surface area contributed by atoms with Gasteiger partial charge < -0.3 is 23.3 Å². The monoisotopic (exact) mass is 749 g/mol. The summed E-state index contributed by atoms with van der Waals surface area (Å²) in [5.74, 6) is 1.73. The quantitative estimate of drug-likeness (QED) is 0.144. The molecule has 0 saturated carbocycles. The molecule has 7 aromatic rings. The normalized spacial score (nSPS) is 14.6. The van der Waals surface area contributed by atoms with Gasteiger partial charge in [0.25, 0.3) is 5.91 Å². The lowest BCUT2D eigenvalue weighted by molar-refractivity contribution is 0.0957. The second-order valence-corrected chi connectivity index (χ2v) is 15.1. The zero-order valence-electron chi connectivity index (χ0n) is 31.1. The Bertz CT molecular complexity index is 2590. The fourth-order valence-corrected chi connectivity index (χ4v) is 8.44. The first-order valence-corrected chi connectivity index (χ1v) is 18.6. The number of fused-ring (bicyclic) bond motifs is 4. The third kappa shape index (κ3) is 5.70. The molecule has 0 saturated heterocycles. The number of ether oxygens (including phenoxy) is 1. The topological polar surface area (TPSA) is 96.1 Å². The first-order chi connectivity index (χ1) is 25.3. The van der Waals surface area contributed by atoms with Crippen molar-refractivity contribution in [3.8, 4) is 28.3 Å². The fourth-order valence-electron chi connectivity index (χ4n) is 8.08. The van der Waals surface area contributed by atoms with Gasteiger partial charge >= 0.3 is 0 Å². The molecule has 0 radical (unpaired) electrons. The van der Waals surface area contributed by atoms with Crippen molar-refractivity contribution in [3.05, 3.63) is 98.4 Å². The van der Waals surface area contributed by atoms with Crippen molar-refractivity contribution in [2.75, 3.05) is 18.1 Å². The van der Waals surface area contributed by atoms with Gasteiger partial charge in [-0.3, -0.25) is 9.48 Å². The van der Waals surface area contributed by atoms with Crippen LogP contribution in [-0.4, -0.2) is 48.1 Å². The molecule has 4 aromatic heterocycles. The predicted molar refractivity (Wildman–Crippen MR) is 211 cm³/mol. The van der Waals surface area contributed by atoms with Crippen molar-refractivity contribution < 1.29 is 14.1 Å². The maximum Gasteiger partial charge on any atom is 0.275 e. The lowest BCUT2D eigenvalue weighted by Crippen LogP contribution is -2.42. The van der Waals surface area contributed by atoms with Crippen LogP contribution in [0.4, 0.5) is 5.69 Å². The molecule has 1 atom stereocenters. The van der Waals surface area contributed by atoms with Gasteiger partial charge in [0.1, 0.15) is 11.4 Å². The van der Waals surface area contributed by atoms with Crippen LogP contribution in [0.25, 0.3) is 44.3 Å². The van der Waals surface area contributed by atoms with Crippen molar-refractivity contribution in [1.82, 2.24) is 29.1 Å². The van der Waals surface area contributed by atoms with Crippen molar-refractivity contribution in [2.24, 2.45) is 14.1 Å². The van der Waals surface area contributed by atoms with Crippen LogP contribution >= 0.6 is 23.2 Å². The van der Waals surface area contributed by atoms with Gasteiger partial charge in [0.05, 0.1) is 28.5 Å². The molecular weight excluding hydrogens is 709 g/mol. The van der Waals surface area contributed by atoms with Gasteiger partial charge in [0.2, 0.25) is 11.7 Å². The van der Waals surface area contributed by atoms with Crippen LogP contribution in [0.5, 0.6) is 5.75 Å². The minimum Gasteiger partial charge on any atom is -0.494 e. The molecule has 1 amide bonds. The van der Waals surface area contributed by atoms with Crippen molar-refractivity contribution >= 4 is 56.6 Å². The summed E-state index contributed by atoms with van der Waals surface area (Å²) < 4.78 is 17.7. The van der Waals surface area contributed by atoms with Crippen molar-refractivity contribution in [3.63, 3.8) is 0 Å². The summed E-state index contributed by atoms with van der Waals surface area (Å²) >= 11 is 13.5. The molecular formula is C41H41Cl2N7O3. The molecule has 53 heavy (non-hydrogen) atoms. The van der Waals surface area contributed by atoms with Crippen LogP contribution in [0, 0.1) is 34.6 Å². The van der Waals surface area contributed by atoms with E-state index in [1.54, 1.807) is 6.92 Å². The molecule has 0 N–H and O–H groups in total. The molecule has 0 fully saturated rings. The molecule has 1 aliphatic rings. The van der Waals surface area contributed by atoms with Crippen LogP contribution < -0.4 is 9.64 Å². The van der Waals surface area contributed by atoms with Gasteiger partial charge in [0, 0.05) is 83.5 Å². The molecule has 12 heteroatoms. The molecule has 3 aromatic carbocycles. The van der Waals surface area contributed by atoms with E-state index in [2.05, 4.69) is 39.2 Å². The minimum absolute atomic E-state index is 0.0609. The first kappa shape index (κ1) is 35.0. The zero-order chi connectivity index (χ0) is 37.5. The maximum atomic E-state index is 15.2. The number of aryl methyl sites for hydroxylation is 7. The Morgan fingerprint density at radius 3 is 2.40 bits per heavy atom. The average Bonchev–Trinajstić information content (AvgIpc) is 3.86. The number of hydrogen-bond acceptors (Lipinski definition) is 6. The predicted octanol–water partition coefficient (Wildman–Crippen LogP) is 9.67. The Morgan fingerprint density at radius 1 is 0.962 bits per heavy atom. The number of hydrogen-bond donors (Lipinski definition) is 0. The lowest BCUT2D eigenvalue weighted by Gasteiger charge is -2.34. The van der Waals surface area contributed by atoms with E-state index in [-0.39, 0.29) is 11.9 Å². The van der Waals surface area contributed by atoms with E-state index in [4.69, 9.17) is 37.6 Å². The van der Waals surface area contributed by atoms with E-state index in [1.165, 1.54) is 0 Å². The maximum absolute atomic E-state index is 15.2. The highest BCUT2D eigenvalue weighted by Crippen LogP contribution is 2.46. The Kier molecular flexibility index (Phi) is 8.65. The van der Waals surface area contributed by atoms with E-state index in [0.717, 1.165) is 83.0 Å². The molecule has 0 aliphatic carbocycles. The number of nitrogens with zero attached hydrogens (tertiary/aromatic N) is 7. The number of benzene rings is 3. The molecule has 0 bridgehead atoms. The van der Waals surface area contributed by atoms with Crippen molar-refractivity contribution in [1.29, 1.82) is 0 Å². The van der Waals surface area contributed by atoms with Gasteiger partial charge in [-0.15, -0.1) is 0 Å². The van der Waals surface area contributed by atoms with Gasteiger partial charge in [-0.2, -0.15) is 10.1 Å². The molecule has 272 valence electrons. The van der Waals surface area contributed by atoms with Gasteiger partial charge in [-0.1, -0.05) is 34.4 Å². The summed E-state index contributed by atoms with van der Waals surface area (Å²) in [7, 11) is 3.95. The van der Waals surface area contributed by atoms with Crippen LogP contribution in [0.1, 0.15) is 63.8 Å². The van der Waals surface area contributed by atoms with Gasteiger partial charge in [0.15, 0.2) is 0 Å². The first-order valence-electron chi connectivity index (χ1n) is 17.8. The summed E-state index contributed by atoms with van der Waals surface area (Å²) in [6.45, 7) is 12.9. The lowest BCUT2D eigenvalue weighted by atomic mass is 9.98. The second kappa shape index (κ2) is 13.1. The van der Waals surface area contributed by atoms with E-state index < -0.39 is 0 Å². The van der Waals surface area contributed by atoms with Gasteiger partial charge in [-0.05, 0) is 101 Å². The van der Waals surface area contributed by atoms with Crippen molar-refractivity contribution in [2.45, 2.75) is 60.4 Å². The third-order valence-corrected chi connectivity index (χ3v) is 11.5. The number of aromatic nitrogens is 6. The van der Waals surface area contributed by atoms with Crippen LogP contribution in [0.15, 0.2) is 53.2 Å². The number of carbonyl (C=O) groups excluding carboxylic acids is 1. The summed E-state index contributed by atoms with van der Waals surface area (Å²) in [6.07, 6.45) is 3.35. The molecule has 1 aliphatic heterocycles. The van der Waals surface area contributed by atoms with E-state index in [9.17, 15) is 0 Å². The summed E-state index contributed by atoms with van der Waals surface area (Å²) in [5.41, 5.74) is 11.0. The number of rotatable bonds is 8. The molecule has 5 heterocycles. The number of halogens is 2. The number of anilines is 1. The Hall–Kier alpha value is -5.06. The van der Waals surface area contributed by atoms with E-state index >= 15 is 4.79 Å². The zero-order valence-corrected chi connectivity index (χ0v) is 32.6. The minimum atomic E-state index is -0.0805. The molecule has 8 rings (SSSR count). The summed E-state index contributed by atoms with van der Waals surface area (Å²) in [4.78, 5) is 21.5. The largest absolute Gasteiger partial charge is 0.494 e. The Morgan fingerprint density at radius 2 is 1.72 bits per heavy atom. The molecule has 0 spiro atoms. The van der Waals surface area contributed by atoms with E-state index in [0.29, 0.717) is 48.4 Å². The highest BCUT2D eigenvalue weighted by molar-refractivity contribution is 6.35. The molecule has 1 unspecified atom stereocenters. The highest BCUT2D eigenvalue weighted by Gasteiger charge is 2.37. The van der Waals surface area contributed by atoms with Crippen LogP contribution in [0.2, 0.25) is 10.0 Å². The summed E-state index contributed by atoms with van der Waals surface area (Å²) in [5, 5.41) is 12.2. The SMILES string of the molecule is Cc1nc(-c2ccc3c(c2)c(N2CC(C)n4c(c(CCCOc5cc(C)c(Cl)c(C)c5)c5ccc(Cl)c(-c6c(C)nn(C)c6C)c54)C2=O)cn3C)no1. The highest BCUT2D eigenvalue weighted by atomic mass is 35.5. The van der Waals surface area contributed by atoms with Crippen LogP contribution in [-0.2, 0) is 20.5 Å². The Balaban J connectivity index is 1.26. The van der Waals surface area contributed by atoms with Crippen LogP contribution in [0.3, 0.4) is 0 Å². The second-order valence-electron chi connectivity index (χ2n) is 14.3. The number of carbonyl (C=O) groups is 1. The number of amides is 1. The third-order valence-electron chi connectivity index (χ3n) is 10.6. The smallest absolute Gasteiger partial charge is 0.275 e. The van der Waals surface area contributed by atoms with E-state index in [1.807, 2.05) is 87.0 Å². The average molecular weight is 751 g/mol. The van der Waals surface area contributed by atoms with Gasteiger partial charge in [-0.25, -0.2) is 0 Å². The standard InChI is InChI=1S/C41H41Cl2N7O3/c1-21-16-28(17-22(2)37(21)43)52-15-9-10-29-30-12-13-32(42)36(35-24(4)45-48(8)25(35)5)38(30)50-23(3)19-49(41(51)39(29)50)34-20-47(7)33-14-11-27(18-31(33)34)40-44-26(6)53-46-40/h11-14,16-18,20,23H,9-10,15,19H2,1-8H3.